The molecular formula is C16H16N2O2S. The van der Waals surface area contributed by atoms with Crippen molar-refractivity contribution in [2.24, 2.45) is 0 Å². The van der Waals surface area contributed by atoms with Crippen LogP contribution in [-0.2, 0) is 4.74 Å². The molecule has 0 aliphatic carbocycles. The maximum absolute atomic E-state index is 12.6. The number of thiazole rings is 1. The number of nitrogens with one attached hydrogen (secondary N) is 1. The summed E-state index contributed by atoms with van der Waals surface area (Å²) < 4.78 is 5.37. The van der Waals surface area contributed by atoms with Gasteiger partial charge in [-0.1, -0.05) is 25.1 Å². The first-order valence-corrected chi connectivity index (χ1v) is 7.71. The van der Waals surface area contributed by atoms with Crippen LogP contribution in [0.4, 0.5) is 0 Å². The number of nitrogens with zero attached hydrogens (tertiary/aromatic N) is 1. The van der Waals surface area contributed by atoms with E-state index in [0.29, 0.717) is 10.6 Å². The number of methoxy groups -OCH3 is 1. The van der Waals surface area contributed by atoms with E-state index in [1.165, 1.54) is 11.3 Å². The van der Waals surface area contributed by atoms with Gasteiger partial charge in [-0.2, -0.15) is 0 Å². The molecule has 0 bridgehead atoms. The molecule has 0 amide bonds. The molecule has 1 N–H and O–H groups in total. The van der Waals surface area contributed by atoms with Crippen LogP contribution in [-0.4, -0.2) is 22.9 Å². The van der Waals surface area contributed by atoms with Crippen LogP contribution in [0.1, 0.15) is 40.5 Å². The summed E-state index contributed by atoms with van der Waals surface area (Å²) in [6.07, 6.45) is 2.54. The van der Waals surface area contributed by atoms with Gasteiger partial charge in [-0.25, -0.2) is 4.98 Å². The van der Waals surface area contributed by atoms with Crippen LogP contribution in [0.15, 0.2) is 35.8 Å². The predicted molar refractivity (Wildman–Crippen MR) is 83.9 cm³/mol. The number of H-pyrrole nitrogens is 1. The van der Waals surface area contributed by atoms with Crippen LogP contribution in [0.5, 0.6) is 0 Å². The summed E-state index contributed by atoms with van der Waals surface area (Å²) >= 11 is 1.37. The van der Waals surface area contributed by atoms with Gasteiger partial charge in [-0.05, 0) is 12.5 Å². The van der Waals surface area contributed by atoms with E-state index in [0.717, 1.165) is 23.0 Å². The minimum Gasteiger partial charge on any atom is -0.375 e. The molecule has 5 heteroatoms. The molecular weight excluding hydrogens is 284 g/mol. The average molecular weight is 300 g/mol. The molecule has 4 nitrogen and oxygen atoms in total. The highest BCUT2D eigenvalue weighted by Crippen LogP contribution is 2.26. The number of aromatic amines is 1. The number of benzene rings is 1. The van der Waals surface area contributed by atoms with Crippen molar-refractivity contribution in [3.63, 3.8) is 0 Å². The third-order valence-corrected chi connectivity index (χ3v) is 4.39. The van der Waals surface area contributed by atoms with Gasteiger partial charge in [-0.15, -0.1) is 11.3 Å². The van der Waals surface area contributed by atoms with Crippen molar-refractivity contribution in [2.75, 3.05) is 7.11 Å². The zero-order valence-electron chi connectivity index (χ0n) is 11.9. The van der Waals surface area contributed by atoms with E-state index < -0.39 is 0 Å². The molecule has 1 atom stereocenters. The highest BCUT2D eigenvalue weighted by atomic mass is 32.1. The second kappa shape index (κ2) is 5.79. The minimum atomic E-state index is -0.0502. The SMILES string of the molecule is CC[C@H](OC)c1csc(C(=O)c2c[nH]c3ccccc23)n1. The van der Waals surface area contributed by atoms with Crippen molar-refractivity contribution in [1.82, 2.24) is 9.97 Å². The highest BCUT2D eigenvalue weighted by molar-refractivity contribution is 7.12. The third kappa shape index (κ3) is 2.50. The summed E-state index contributed by atoms with van der Waals surface area (Å²) in [6.45, 7) is 2.04. The van der Waals surface area contributed by atoms with Gasteiger partial charge in [0.05, 0.1) is 17.4 Å². The van der Waals surface area contributed by atoms with E-state index in [1.807, 2.05) is 36.6 Å². The van der Waals surface area contributed by atoms with Crippen molar-refractivity contribution in [1.29, 1.82) is 0 Å². The van der Waals surface area contributed by atoms with E-state index >= 15 is 0 Å². The number of ether oxygens (including phenoxy) is 1. The Morgan fingerprint density at radius 3 is 3.00 bits per heavy atom. The minimum absolute atomic E-state index is 0.0466. The first-order valence-electron chi connectivity index (χ1n) is 6.83. The molecule has 0 spiro atoms. The number of hydrogen-bond donors (Lipinski definition) is 1. The smallest absolute Gasteiger partial charge is 0.223 e. The van der Waals surface area contributed by atoms with E-state index in [-0.39, 0.29) is 11.9 Å². The molecule has 0 aliphatic heterocycles. The van der Waals surface area contributed by atoms with Crippen molar-refractivity contribution >= 4 is 28.0 Å². The van der Waals surface area contributed by atoms with Crippen molar-refractivity contribution in [3.05, 3.63) is 52.1 Å². The molecule has 2 aromatic heterocycles. The lowest BCUT2D eigenvalue weighted by atomic mass is 10.1. The van der Waals surface area contributed by atoms with Gasteiger partial charge < -0.3 is 9.72 Å². The number of rotatable bonds is 5. The lowest BCUT2D eigenvalue weighted by molar-refractivity contribution is 0.0962. The monoisotopic (exact) mass is 300 g/mol. The van der Waals surface area contributed by atoms with Gasteiger partial charge >= 0.3 is 0 Å². The van der Waals surface area contributed by atoms with Gasteiger partial charge in [0.2, 0.25) is 5.78 Å². The maximum atomic E-state index is 12.6. The molecule has 3 aromatic rings. The summed E-state index contributed by atoms with van der Waals surface area (Å²) in [6, 6.07) is 7.77. The maximum Gasteiger partial charge on any atom is 0.223 e. The second-order valence-electron chi connectivity index (χ2n) is 4.79. The summed E-state index contributed by atoms with van der Waals surface area (Å²) in [4.78, 5) is 20.2. The fourth-order valence-corrected chi connectivity index (χ4v) is 3.22. The van der Waals surface area contributed by atoms with Gasteiger partial charge in [0.25, 0.3) is 0 Å². The summed E-state index contributed by atoms with van der Waals surface area (Å²) in [5, 5.41) is 3.34. The van der Waals surface area contributed by atoms with Crippen molar-refractivity contribution in [2.45, 2.75) is 19.4 Å². The molecule has 0 saturated carbocycles. The molecule has 0 aliphatic rings. The summed E-state index contributed by atoms with van der Waals surface area (Å²) in [7, 11) is 1.66. The fourth-order valence-electron chi connectivity index (χ4n) is 2.41. The topological polar surface area (TPSA) is 55.0 Å². The number of para-hydroxylation sites is 1. The quantitative estimate of drug-likeness (QED) is 0.726. The average Bonchev–Trinajstić information content (AvgIpc) is 3.15. The van der Waals surface area contributed by atoms with Crippen LogP contribution < -0.4 is 0 Å². The van der Waals surface area contributed by atoms with Gasteiger partial charge in [-0.3, -0.25) is 4.79 Å². The van der Waals surface area contributed by atoms with E-state index in [2.05, 4.69) is 9.97 Å². The Labute approximate surface area is 126 Å². The van der Waals surface area contributed by atoms with Crippen LogP contribution in [0, 0.1) is 0 Å². The zero-order chi connectivity index (χ0) is 14.8. The Morgan fingerprint density at radius 2 is 2.24 bits per heavy atom. The third-order valence-electron chi connectivity index (χ3n) is 3.54. The molecule has 0 saturated heterocycles. The highest BCUT2D eigenvalue weighted by Gasteiger charge is 2.19. The number of hydrogen-bond acceptors (Lipinski definition) is 4. The Balaban J connectivity index is 1.95. The molecule has 3 rings (SSSR count). The fraction of sp³-hybridized carbons (Fsp3) is 0.250. The number of carbonyl (C=O) groups excluding carboxylic acids is 1. The first-order chi connectivity index (χ1) is 10.2. The number of aromatic nitrogens is 2. The van der Waals surface area contributed by atoms with Crippen LogP contribution in [0.2, 0.25) is 0 Å². The molecule has 0 unspecified atom stereocenters. The Morgan fingerprint density at radius 1 is 1.43 bits per heavy atom. The van der Waals surface area contributed by atoms with E-state index in [4.69, 9.17) is 4.74 Å². The molecule has 1 aromatic carbocycles. The van der Waals surface area contributed by atoms with E-state index in [9.17, 15) is 4.79 Å². The summed E-state index contributed by atoms with van der Waals surface area (Å²) in [5.41, 5.74) is 2.45. The first kappa shape index (κ1) is 14.0. The van der Waals surface area contributed by atoms with Gasteiger partial charge in [0.1, 0.15) is 0 Å². The zero-order valence-corrected chi connectivity index (χ0v) is 12.7. The number of ketones is 1. The number of fused-ring (bicyclic) bond motifs is 1. The molecule has 0 fully saturated rings. The van der Waals surface area contributed by atoms with Gasteiger partial charge in [0, 0.05) is 29.6 Å². The second-order valence-corrected chi connectivity index (χ2v) is 5.65. The largest absolute Gasteiger partial charge is 0.375 e. The lowest BCUT2D eigenvalue weighted by Gasteiger charge is -2.08. The van der Waals surface area contributed by atoms with Crippen molar-refractivity contribution in [3.8, 4) is 0 Å². The Kier molecular flexibility index (Phi) is 3.86. The van der Waals surface area contributed by atoms with Crippen LogP contribution >= 0.6 is 11.3 Å². The molecule has 108 valence electrons. The summed E-state index contributed by atoms with van der Waals surface area (Å²) in [5.74, 6) is -0.0466. The van der Waals surface area contributed by atoms with E-state index in [1.54, 1.807) is 13.3 Å². The standard InChI is InChI=1S/C16H16N2O2S/c1-3-14(20-2)13-9-21-16(18-13)15(19)11-8-17-12-7-5-4-6-10(11)12/h4-9,14,17H,3H2,1-2H3/t14-/m0/s1. The molecule has 0 radical (unpaired) electrons. The predicted octanol–water partition coefficient (Wildman–Crippen LogP) is 3.95. The van der Waals surface area contributed by atoms with Crippen LogP contribution in [0.25, 0.3) is 10.9 Å². The molecule has 21 heavy (non-hydrogen) atoms. The van der Waals surface area contributed by atoms with Gasteiger partial charge in [0.15, 0.2) is 5.01 Å². The number of carbonyl (C=O) groups is 1. The van der Waals surface area contributed by atoms with Crippen LogP contribution in [0.3, 0.4) is 0 Å². The normalized spacial score (nSPS) is 12.7. The lowest BCUT2D eigenvalue weighted by Crippen LogP contribution is -2.03. The van der Waals surface area contributed by atoms with Crippen molar-refractivity contribution < 1.29 is 9.53 Å². The Bertz CT molecular complexity index is 771. The Hall–Kier alpha value is -1.98. The molecule has 2 heterocycles.